The zero-order valence-corrected chi connectivity index (χ0v) is 3.36. The monoisotopic (exact) mass is 82.1 g/mol. The molecule has 1 aliphatic heterocycles. The molecular weight excluding hydrogens is 76.1 g/mol. The molecule has 0 unspecified atom stereocenters. The number of hydrogen-bond acceptors (Lipinski definition) is 2. The highest BCUT2D eigenvalue weighted by Crippen LogP contribution is 1.77. The Morgan fingerprint density at radius 2 is 2.67 bits per heavy atom. The van der Waals surface area contributed by atoms with Gasteiger partial charge in [-0.15, -0.1) is 0 Å². The number of rotatable bonds is 0. The lowest BCUT2D eigenvalue weighted by molar-refractivity contribution is 0.651. The topological polar surface area (TPSA) is 24.1 Å². The summed E-state index contributed by atoms with van der Waals surface area (Å²) in [5, 5.41) is 0. The van der Waals surface area contributed by atoms with Crippen molar-refractivity contribution in [2.45, 2.75) is 0 Å². The maximum absolute atomic E-state index is 2.93. The number of hydrazine groups is 1. The largest absolute Gasteiger partial charge is 0.329 e. The van der Waals surface area contributed by atoms with Crippen LogP contribution in [0.5, 0.6) is 0 Å². The average Bonchev–Trinajstić information content (AvgIpc) is 1.72. The van der Waals surface area contributed by atoms with Crippen LogP contribution in [-0.2, 0) is 0 Å². The second kappa shape index (κ2) is 1.82. The van der Waals surface area contributed by atoms with Crippen LogP contribution in [-0.4, -0.2) is 6.54 Å². The Morgan fingerprint density at radius 3 is 2.83 bits per heavy atom. The summed E-state index contributed by atoms with van der Waals surface area (Å²) in [6.07, 6.45) is 6.57. The summed E-state index contributed by atoms with van der Waals surface area (Å²) in [7, 11) is 0. The fraction of sp³-hybridized carbons (Fsp3) is 0.250. The van der Waals surface area contributed by atoms with E-state index >= 15 is 0 Å². The lowest BCUT2D eigenvalue weighted by atomic mass is 10.4. The molecule has 0 spiro atoms. The van der Waals surface area contributed by atoms with Gasteiger partial charge in [-0.25, -0.2) is 5.43 Å². The first kappa shape index (κ1) is 3.68. The molecule has 0 atom stereocenters. The van der Waals surface area contributed by atoms with Crippen molar-refractivity contribution >= 4 is 0 Å². The van der Waals surface area contributed by atoms with Crippen molar-refractivity contribution in [3.8, 4) is 0 Å². The minimum atomic E-state index is 0.802. The van der Waals surface area contributed by atoms with Gasteiger partial charge in [-0.3, -0.25) is 0 Å². The third kappa shape index (κ3) is 0.723. The van der Waals surface area contributed by atoms with Gasteiger partial charge in [0.25, 0.3) is 0 Å². The van der Waals surface area contributed by atoms with E-state index in [1.807, 2.05) is 6.08 Å². The van der Waals surface area contributed by atoms with Crippen LogP contribution in [0.25, 0.3) is 0 Å². The Hall–Kier alpha value is -0.500. The quantitative estimate of drug-likeness (QED) is 0.419. The Kier molecular flexibility index (Phi) is 1.12. The van der Waals surface area contributed by atoms with E-state index in [2.05, 4.69) is 17.3 Å². The fourth-order valence-electron chi connectivity index (χ4n) is 0.321. The van der Waals surface area contributed by atoms with E-state index in [0.717, 1.165) is 6.54 Å². The standard InChI is InChI=1S/C4H6N2/c1-2-4-6-5-3-1/h1,3,5-6H,4H2. The third-order valence-corrected chi connectivity index (χ3v) is 0.577. The summed E-state index contributed by atoms with van der Waals surface area (Å²) in [6.45, 7) is 0.802. The molecule has 1 rings (SSSR count). The van der Waals surface area contributed by atoms with Gasteiger partial charge in [0.1, 0.15) is 0 Å². The van der Waals surface area contributed by atoms with E-state index in [1.54, 1.807) is 6.20 Å². The highest BCUT2D eigenvalue weighted by molar-refractivity contribution is 4.97. The first-order chi connectivity index (χ1) is 3.00. The van der Waals surface area contributed by atoms with E-state index in [0.29, 0.717) is 0 Å². The summed E-state index contributed by atoms with van der Waals surface area (Å²) in [5.41, 5.74) is 5.63. The molecule has 0 aromatic rings. The molecule has 0 aromatic carbocycles. The molecule has 0 saturated heterocycles. The van der Waals surface area contributed by atoms with Gasteiger partial charge in [-0.1, -0.05) is 6.08 Å². The van der Waals surface area contributed by atoms with Crippen molar-refractivity contribution in [1.82, 2.24) is 10.9 Å². The first-order valence-corrected chi connectivity index (χ1v) is 1.87. The maximum Gasteiger partial charge on any atom is 0.0270 e. The molecule has 1 aliphatic rings. The van der Waals surface area contributed by atoms with Crippen molar-refractivity contribution in [1.29, 1.82) is 0 Å². The summed E-state index contributed by atoms with van der Waals surface area (Å²) in [5.74, 6) is 0. The molecular formula is C4H6N2. The molecule has 2 radical (unpaired) electrons. The van der Waals surface area contributed by atoms with Crippen molar-refractivity contribution in [2.24, 2.45) is 0 Å². The van der Waals surface area contributed by atoms with Crippen LogP contribution in [0.2, 0.25) is 0 Å². The first-order valence-electron chi connectivity index (χ1n) is 1.87. The summed E-state index contributed by atoms with van der Waals surface area (Å²) in [6, 6.07) is 0. The predicted molar refractivity (Wildman–Crippen MR) is 23.5 cm³/mol. The number of nitrogens with one attached hydrogen (secondary N) is 2. The molecule has 2 heteroatoms. The Labute approximate surface area is 37.2 Å². The zero-order chi connectivity index (χ0) is 4.24. The molecule has 2 nitrogen and oxygen atoms in total. The van der Waals surface area contributed by atoms with Crippen LogP contribution < -0.4 is 10.9 Å². The van der Waals surface area contributed by atoms with Gasteiger partial charge in [-0.2, -0.15) is 0 Å². The Bertz CT molecular complexity index is 50.6. The average molecular weight is 82.1 g/mol. The van der Waals surface area contributed by atoms with Crippen molar-refractivity contribution in [3.05, 3.63) is 18.7 Å². The van der Waals surface area contributed by atoms with Crippen LogP contribution >= 0.6 is 0 Å². The van der Waals surface area contributed by atoms with Crippen LogP contribution in [0.4, 0.5) is 0 Å². The fourth-order valence-corrected chi connectivity index (χ4v) is 0.321. The van der Waals surface area contributed by atoms with Crippen molar-refractivity contribution < 1.29 is 0 Å². The molecule has 0 saturated carbocycles. The second-order valence-corrected chi connectivity index (χ2v) is 1.04. The van der Waals surface area contributed by atoms with Gasteiger partial charge in [0.2, 0.25) is 0 Å². The van der Waals surface area contributed by atoms with Gasteiger partial charge in [0, 0.05) is 19.2 Å². The maximum atomic E-state index is 2.93. The smallest absolute Gasteiger partial charge is 0.0270 e. The van der Waals surface area contributed by atoms with Gasteiger partial charge in [0.05, 0.1) is 0 Å². The van der Waals surface area contributed by atoms with Crippen molar-refractivity contribution in [2.75, 3.05) is 6.54 Å². The molecule has 2 N–H and O–H groups in total. The summed E-state index contributed by atoms with van der Waals surface area (Å²) < 4.78 is 0. The molecule has 32 valence electrons. The molecule has 1 heterocycles. The minimum Gasteiger partial charge on any atom is -0.329 e. The summed E-state index contributed by atoms with van der Waals surface area (Å²) >= 11 is 0. The van der Waals surface area contributed by atoms with Gasteiger partial charge in [-0.05, 0) is 0 Å². The summed E-state index contributed by atoms with van der Waals surface area (Å²) in [4.78, 5) is 0. The van der Waals surface area contributed by atoms with E-state index in [9.17, 15) is 0 Å². The Balaban J connectivity index is 2.26. The highest BCUT2D eigenvalue weighted by atomic mass is 15.3. The molecule has 0 amide bonds. The van der Waals surface area contributed by atoms with Crippen LogP contribution in [0.15, 0.2) is 12.3 Å². The molecule has 0 aliphatic carbocycles. The second-order valence-electron chi connectivity index (χ2n) is 1.04. The van der Waals surface area contributed by atoms with Crippen LogP contribution in [0, 0.1) is 6.42 Å². The predicted octanol–water partition coefficient (Wildman–Crippen LogP) is -0.311. The minimum absolute atomic E-state index is 0.802. The third-order valence-electron chi connectivity index (χ3n) is 0.577. The molecule has 0 bridgehead atoms. The molecule has 6 heavy (non-hydrogen) atoms. The number of hydrogen-bond donors (Lipinski definition) is 2. The molecule has 0 fully saturated rings. The SMILES string of the molecule is [C]1C=CNNC1. The van der Waals surface area contributed by atoms with Crippen molar-refractivity contribution in [3.63, 3.8) is 0 Å². The van der Waals surface area contributed by atoms with Crippen LogP contribution in [0.1, 0.15) is 0 Å². The Morgan fingerprint density at radius 1 is 1.67 bits per heavy atom. The lowest BCUT2D eigenvalue weighted by Gasteiger charge is -2.04. The van der Waals surface area contributed by atoms with E-state index in [1.165, 1.54) is 0 Å². The highest BCUT2D eigenvalue weighted by Gasteiger charge is 1.83. The van der Waals surface area contributed by atoms with Gasteiger partial charge < -0.3 is 5.43 Å². The lowest BCUT2D eigenvalue weighted by Crippen LogP contribution is -2.30. The van der Waals surface area contributed by atoms with E-state index in [4.69, 9.17) is 0 Å². The van der Waals surface area contributed by atoms with E-state index in [-0.39, 0.29) is 0 Å². The molecule has 0 aromatic heterocycles. The van der Waals surface area contributed by atoms with Crippen LogP contribution in [0.3, 0.4) is 0 Å². The van der Waals surface area contributed by atoms with Gasteiger partial charge in [0.15, 0.2) is 0 Å². The normalized spacial score (nSPS) is 20.0. The van der Waals surface area contributed by atoms with Gasteiger partial charge >= 0.3 is 0 Å². The van der Waals surface area contributed by atoms with E-state index < -0.39 is 0 Å². The zero-order valence-electron chi connectivity index (χ0n) is 3.36.